The zero-order valence-electron chi connectivity index (χ0n) is 15.2. The van der Waals surface area contributed by atoms with Gasteiger partial charge in [0, 0.05) is 30.9 Å². The van der Waals surface area contributed by atoms with E-state index in [4.69, 9.17) is 0 Å². The maximum atomic E-state index is 13.4. The quantitative estimate of drug-likeness (QED) is 0.809. The predicted molar refractivity (Wildman–Crippen MR) is 102 cm³/mol. The Labute approximate surface area is 158 Å². The van der Waals surface area contributed by atoms with Crippen LogP contribution < -0.4 is 4.90 Å². The van der Waals surface area contributed by atoms with Crippen LogP contribution in [0.1, 0.15) is 36.0 Å². The molecule has 0 atom stereocenters. The minimum absolute atomic E-state index is 0.160. The maximum Gasteiger partial charge on any atom is 0.253 e. The molecule has 2 amide bonds. The first kappa shape index (κ1) is 17.7. The lowest BCUT2D eigenvalue weighted by molar-refractivity contribution is -0.133. The molecule has 2 aromatic carbocycles. The Hall–Kier alpha value is -2.69. The maximum absolute atomic E-state index is 13.4. The second-order valence-corrected chi connectivity index (χ2v) is 7.48. The predicted octanol–water partition coefficient (Wildman–Crippen LogP) is 3.88. The molecule has 1 spiro atoms. The summed E-state index contributed by atoms with van der Waals surface area (Å²) in [5, 5.41) is 0. The van der Waals surface area contributed by atoms with Crippen molar-refractivity contribution in [1.29, 1.82) is 0 Å². The molecule has 2 heterocycles. The summed E-state index contributed by atoms with van der Waals surface area (Å²) in [4.78, 5) is 29.6. The number of benzene rings is 2. The summed E-state index contributed by atoms with van der Waals surface area (Å²) in [5.41, 5.74) is 0.930. The van der Waals surface area contributed by atoms with E-state index in [1.54, 1.807) is 17.0 Å². The normalized spacial score (nSPS) is 19.4. The summed E-state index contributed by atoms with van der Waals surface area (Å²) in [7, 11) is 0. The van der Waals surface area contributed by atoms with Gasteiger partial charge < -0.3 is 9.80 Å². The minimum atomic E-state index is -0.407. The highest BCUT2D eigenvalue weighted by Gasteiger charge is 2.46. The molecule has 5 heteroatoms. The van der Waals surface area contributed by atoms with Gasteiger partial charge in [-0.1, -0.05) is 24.3 Å². The average molecular weight is 366 g/mol. The number of carbonyl (C=O) groups is 2. The van der Waals surface area contributed by atoms with Gasteiger partial charge in [0.05, 0.1) is 5.41 Å². The van der Waals surface area contributed by atoms with Gasteiger partial charge in [-0.15, -0.1) is 0 Å². The van der Waals surface area contributed by atoms with Crippen molar-refractivity contribution in [2.45, 2.75) is 25.7 Å². The van der Waals surface area contributed by atoms with Gasteiger partial charge in [-0.2, -0.15) is 0 Å². The van der Waals surface area contributed by atoms with Gasteiger partial charge in [0.2, 0.25) is 5.91 Å². The summed E-state index contributed by atoms with van der Waals surface area (Å²) in [6.45, 7) is 1.81. The molecule has 2 aromatic rings. The lowest BCUT2D eigenvalue weighted by Crippen LogP contribution is -2.54. The first-order chi connectivity index (χ1) is 13.1. The largest absolute Gasteiger partial charge is 0.339 e. The van der Waals surface area contributed by atoms with E-state index in [2.05, 4.69) is 0 Å². The zero-order chi connectivity index (χ0) is 18.9. The number of halogens is 1. The molecule has 2 aliphatic heterocycles. The lowest BCUT2D eigenvalue weighted by atomic mass is 9.71. The Bertz CT molecular complexity index is 844. The lowest BCUT2D eigenvalue weighted by Gasteiger charge is -2.46. The van der Waals surface area contributed by atoms with Crippen LogP contribution in [0.15, 0.2) is 54.6 Å². The molecule has 0 bridgehead atoms. The van der Waals surface area contributed by atoms with Crippen molar-refractivity contribution >= 4 is 17.5 Å². The molecular weight excluding hydrogens is 343 g/mol. The molecule has 2 aliphatic rings. The van der Waals surface area contributed by atoms with Crippen molar-refractivity contribution in [2.75, 3.05) is 24.5 Å². The summed E-state index contributed by atoms with van der Waals surface area (Å²) < 4.78 is 13.4. The third-order valence-electron chi connectivity index (χ3n) is 5.88. The van der Waals surface area contributed by atoms with Crippen LogP contribution in [0.3, 0.4) is 0 Å². The van der Waals surface area contributed by atoms with Crippen molar-refractivity contribution in [3.8, 4) is 0 Å². The fourth-order valence-corrected chi connectivity index (χ4v) is 4.33. The molecule has 4 nitrogen and oxygen atoms in total. The number of amides is 2. The van der Waals surface area contributed by atoms with Crippen LogP contribution in [-0.4, -0.2) is 36.3 Å². The van der Waals surface area contributed by atoms with Gasteiger partial charge in [0.25, 0.3) is 5.91 Å². The third kappa shape index (κ3) is 3.34. The second kappa shape index (κ2) is 7.14. The van der Waals surface area contributed by atoms with Crippen LogP contribution in [0.25, 0.3) is 0 Å². The molecule has 0 aromatic heterocycles. The monoisotopic (exact) mass is 366 g/mol. The van der Waals surface area contributed by atoms with E-state index in [0.717, 1.165) is 25.1 Å². The van der Waals surface area contributed by atoms with Crippen molar-refractivity contribution in [1.82, 2.24) is 4.90 Å². The highest BCUT2D eigenvalue weighted by atomic mass is 19.1. The van der Waals surface area contributed by atoms with Gasteiger partial charge >= 0.3 is 0 Å². The fraction of sp³-hybridized carbons (Fsp3) is 0.364. The van der Waals surface area contributed by atoms with E-state index in [1.165, 1.54) is 12.1 Å². The van der Waals surface area contributed by atoms with Crippen LogP contribution in [-0.2, 0) is 4.79 Å². The van der Waals surface area contributed by atoms with Crippen LogP contribution in [0, 0.1) is 11.2 Å². The number of hydrogen-bond acceptors (Lipinski definition) is 2. The highest BCUT2D eigenvalue weighted by Crippen LogP contribution is 2.42. The van der Waals surface area contributed by atoms with Crippen LogP contribution in [0.2, 0.25) is 0 Å². The van der Waals surface area contributed by atoms with E-state index in [1.807, 2.05) is 35.2 Å². The topological polar surface area (TPSA) is 40.6 Å². The van der Waals surface area contributed by atoms with E-state index in [9.17, 15) is 14.0 Å². The molecule has 140 valence electrons. The number of hydrogen-bond donors (Lipinski definition) is 0. The summed E-state index contributed by atoms with van der Waals surface area (Å²) in [6.07, 6.45) is 3.17. The zero-order valence-corrected chi connectivity index (χ0v) is 15.2. The van der Waals surface area contributed by atoms with Gasteiger partial charge in [-0.25, -0.2) is 4.39 Å². The number of para-hydroxylation sites is 1. The van der Waals surface area contributed by atoms with Crippen LogP contribution in [0.5, 0.6) is 0 Å². The van der Waals surface area contributed by atoms with Crippen molar-refractivity contribution < 1.29 is 14.0 Å². The average Bonchev–Trinajstić information content (AvgIpc) is 2.71. The van der Waals surface area contributed by atoms with Crippen molar-refractivity contribution in [3.63, 3.8) is 0 Å². The van der Waals surface area contributed by atoms with Gasteiger partial charge in [-0.05, 0) is 56.0 Å². The molecule has 0 radical (unpaired) electrons. The van der Waals surface area contributed by atoms with Crippen molar-refractivity contribution in [3.05, 3.63) is 66.0 Å². The number of anilines is 1. The Morgan fingerprint density at radius 1 is 0.926 bits per heavy atom. The molecule has 27 heavy (non-hydrogen) atoms. The van der Waals surface area contributed by atoms with E-state index in [-0.39, 0.29) is 17.2 Å². The Morgan fingerprint density at radius 3 is 2.37 bits per heavy atom. The van der Waals surface area contributed by atoms with E-state index < -0.39 is 5.82 Å². The van der Waals surface area contributed by atoms with E-state index >= 15 is 0 Å². The number of piperidine rings is 2. The molecule has 2 saturated heterocycles. The molecule has 0 aliphatic carbocycles. The molecule has 0 saturated carbocycles. The molecule has 0 N–H and O–H groups in total. The summed E-state index contributed by atoms with van der Waals surface area (Å²) in [6, 6.07) is 15.6. The van der Waals surface area contributed by atoms with Crippen LogP contribution in [0.4, 0.5) is 10.1 Å². The van der Waals surface area contributed by atoms with Gasteiger partial charge in [-0.3, -0.25) is 9.59 Å². The number of carbonyl (C=O) groups excluding carboxylic acids is 2. The molecule has 2 fully saturated rings. The Morgan fingerprint density at radius 2 is 1.67 bits per heavy atom. The second-order valence-electron chi connectivity index (χ2n) is 7.48. The van der Waals surface area contributed by atoms with Crippen LogP contribution >= 0.6 is 0 Å². The number of rotatable bonds is 2. The minimum Gasteiger partial charge on any atom is -0.339 e. The van der Waals surface area contributed by atoms with E-state index in [0.29, 0.717) is 31.5 Å². The van der Waals surface area contributed by atoms with Crippen molar-refractivity contribution in [2.24, 2.45) is 5.41 Å². The Kier molecular flexibility index (Phi) is 4.68. The molecular formula is C22H23FN2O2. The first-order valence-electron chi connectivity index (χ1n) is 9.51. The molecule has 4 rings (SSSR count). The molecule has 0 unspecified atom stereocenters. The standard InChI is InChI=1S/C22H23FN2O2/c23-18-7-4-6-17(16-18)20(26)24-14-11-22(12-15-24)10-5-13-25(21(22)27)19-8-2-1-3-9-19/h1-4,6-9,16H,5,10-15H2. The highest BCUT2D eigenvalue weighted by molar-refractivity contribution is 5.99. The summed E-state index contributed by atoms with van der Waals surface area (Å²) >= 11 is 0. The number of nitrogens with zero attached hydrogens (tertiary/aromatic N) is 2. The SMILES string of the molecule is O=C(c1cccc(F)c1)N1CCC2(CCCN(c3ccccc3)C2=O)CC1. The van der Waals surface area contributed by atoms with Gasteiger partial charge in [0.15, 0.2) is 0 Å². The number of likely N-dealkylation sites (tertiary alicyclic amines) is 1. The Balaban J connectivity index is 1.47. The third-order valence-corrected chi connectivity index (χ3v) is 5.88. The smallest absolute Gasteiger partial charge is 0.253 e. The fourth-order valence-electron chi connectivity index (χ4n) is 4.33. The first-order valence-corrected chi connectivity index (χ1v) is 9.51. The van der Waals surface area contributed by atoms with Gasteiger partial charge in [0.1, 0.15) is 5.82 Å². The summed E-state index contributed by atoms with van der Waals surface area (Å²) in [5.74, 6) is -0.388.